The Hall–Kier alpha value is -2.21. The Balaban J connectivity index is 1.65. The molecule has 0 radical (unpaired) electrons. The van der Waals surface area contributed by atoms with Crippen LogP contribution in [0.4, 0.5) is 4.39 Å². The highest BCUT2D eigenvalue weighted by molar-refractivity contribution is 5.87. The predicted octanol–water partition coefficient (Wildman–Crippen LogP) is 4.32. The number of nitrogens with one attached hydrogen (secondary N) is 1. The fourth-order valence-corrected chi connectivity index (χ4v) is 6.46. The molecule has 174 valence electrons. The van der Waals surface area contributed by atoms with Crippen molar-refractivity contribution in [1.82, 2.24) is 5.32 Å². The minimum atomic E-state index is -1.05. The van der Waals surface area contributed by atoms with E-state index in [0.717, 1.165) is 18.4 Å². The minimum Gasteiger partial charge on any atom is -0.456 e. The lowest BCUT2D eigenvalue weighted by Crippen LogP contribution is -2.63. The third kappa shape index (κ3) is 3.76. The molecule has 0 spiro atoms. The first kappa shape index (κ1) is 23.0. The molecule has 1 amide bonds. The molecule has 1 saturated carbocycles. The number of ether oxygens (including phenoxy) is 2. The maximum absolute atomic E-state index is 13.0. The Bertz CT molecular complexity index is 887. The average Bonchev–Trinajstić information content (AvgIpc) is 3.28. The highest BCUT2D eigenvalue weighted by atomic mass is 19.1. The lowest BCUT2D eigenvalue weighted by Gasteiger charge is -2.53. The monoisotopic (exact) mass is 443 g/mol. The molecule has 2 saturated heterocycles. The van der Waals surface area contributed by atoms with Gasteiger partial charge < -0.3 is 14.8 Å². The number of carbonyl (C=O) groups is 2. The van der Waals surface area contributed by atoms with Crippen LogP contribution in [-0.2, 0) is 19.1 Å². The van der Waals surface area contributed by atoms with Gasteiger partial charge in [-0.15, -0.1) is 0 Å². The number of benzene rings is 1. The van der Waals surface area contributed by atoms with Gasteiger partial charge in [0.1, 0.15) is 11.7 Å². The van der Waals surface area contributed by atoms with Crippen molar-refractivity contribution in [2.45, 2.75) is 70.3 Å². The molecular formula is C26H34FNO4. The fourth-order valence-electron chi connectivity index (χ4n) is 6.46. The smallest absolute Gasteiger partial charge is 0.331 e. The maximum Gasteiger partial charge on any atom is 0.331 e. The molecule has 1 aromatic rings. The topological polar surface area (TPSA) is 64.6 Å². The van der Waals surface area contributed by atoms with Crippen LogP contribution in [0, 0.1) is 23.7 Å². The van der Waals surface area contributed by atoms with Gasteiger partial charge in [-0.05, 0) is 49.2 Å². The summed E-state index contributed by atoms with van der Waals surface area (Å²) in [5.41, 5.74) is -0.399. The molecule has 6 heteroatoms. The Morgan fingerprint density at radius 2 is 2.00 bits per heavy atom. The zero-order valence-electron chi connectivity index (χ0n) is 19.3. The Morgan fingerprint density at radius 1 is 1.28 bits per heavy atom. The number of halogens is 1. The SMILES string of the molecule is CC(C)[C@@]12C[C@@H](NC(=O)CF)[C@@](C)(O1)[C@@H]1CC[C@@H](C)[C@H]1[C@@H]2OC(=O)/C=C/c1ccccc1. The van der Waals surface area contributed by atoms with Crippen LogP contribution >= 0.6 is 0 Å². The summed E-state index contributed by atoms with van der Waals surface area (Å²) in [6.45, 7) is 7.35. The number of amides is 1. The van der Waals surface area contributed by atoms with E-state index in [2.05, 4.69) is 26.1 Å². The Kier molecular flexibility index (Phi) is 6.19. The highest BCUT2D eigenvalue weighted by Gasteiger charge is 2.71. The van der Waals surface area contributed by atoms with Crippen LogP contribution in [0.3, 0.4) is 0 Å². The van der Waals surface area contributed by atoms with Gasteiger partial charge in [0, 0.05) is 18.4 Å². The molecule has 1 N–H and O–H groups in total. The molecule has 3 aliphatic rings. The van der Waals surface area contributed by atoms with E-state index in [1.165, 1.54) is 6.08 Å². The zero-order valence-corrected chi connectivity index (χ0v) is 19.3. The molecule has 3 fully saturated rings. The molecule has 2 heterocycles. The van der Waals surface area contributed by atoms with Crippen LogP contribution in [0.25, 0.3) is 6.08 Å². The predicted molar refractivity (Wildman–Crippen MR) is 120 cm³/mol. The first-order valence-corrected chi connectivity index (χ1v) is 11.7. The first-order valence-electron chi connectivity index (χ1n) is 11.7. The molecular weight excluding hydrogens is 409 g/mol. The third-order valence-corrected chi connectivity index (χ3v) is 8.14. The Labute approximate surface area is 189 Å². The van der Waals surface area contributed by atoms with Crippen molar-refractivity contribution >= 4 is 18.0 Å². The second-order valence-corrected chi connectivity index (χ2v) is 10.2. The number of fused-ring (bicyclic) bond motifs is 4. The van der Waals surface area contributed by atoms with Gasteiger partial charge in [0.15, 0.2) is 6.67 Å². The fraction of sp³-hybridized carbons (Fsp3) is 0.615. The van der Waals surface area contributed by atoms with E-state index in [-0.39, 0.29) is 29.8 Å². The van der Waals surface area contributed by atoms with Crippen molar-refractivity contribution in [3.63, 3.8) is 0 Å². The van der Waals surface area contributed by atoms with Crippen molar-refractivity contribution in [1.29, 1.82) is 0 Å². The number of hydrogen-bond acceptors (Lipinski definition) is 4. The lowest BCUT2D eigenvalue weighted by atomic mass is 9.69. The zero-order chi connectivity index (χ0) is 23.1. The van der Waals surface area contributed by atoms with Crippen LogP contribution in [0.5, 0.6) is 0 Å². The first-order chi connectivity index (χ1) is 15.2. The summed E-state index contributed by atoms with van der Waals surface area (Å²) in [7, 11) is 0. The van der Waals surface area contributed by atoms with Gasteiger partial charge in [-0.25, -0.2) is 9.18 Å². The van der Waals surface area contributed by atoms with E-state index in [1.807, 2.05) is 37.3 Å². The number of alkyl halides is 1. The van der Waals surface area contributed by atoms with E-state index < -0.39 is 29.9 Å². The van der Waals surface area contributed by atoms with Crippen LogP contribution in [0.2, 0.25) is 0 Å². The summed E-state index contributed by atoms with van der Waals surface area (Å²) in [6.07, 6.45) is 5.27. The number of carbonyl (C=O) groups excluding carboxylic acids is 2. The highest BCUT2D eigenvalue weighted by Crippen LogP contribution is 2.62. The molecule has 0 unspecified atom stereocenters. The van der Waals surface area contributed by atoms with Gasteiger partial charge >= 0.3 is 5.97 Å². The van der Waals surface area contributed by atoms with Crippen molar-refractivity contribution < 1.29 is 23.5 Å². The van der Waals surface area contributed by atoms with Crippen LogP contribution in [-0.4, -0.2) is 41.9 Å². The quantitative estimate of drug-likeness (QED) is 0.526. The minimum absolute atomic E-state index is 0.0544. The van der Waals surface area contributed by atoms with Crippen molar-refractivity contribution in [3.8, 4) is 0 Å². The Morgan fingerprint density at radius 3 is 2.66 bits per heavy atom. The summed E-state index contributed by atoms with van der Waals surface area (Å²) in [6, 6.07) is 9.32. The number of rotatable bonds is 6. The second-order valence-electron chi connectivity index (χ2n) is 10.2. The molecule has 1 aromatic carbocycles. The van der Waals surface area contributed by atoms with E-state index >= 15 is 0 Å². The van der Waals surface area contributed by atoms with Gasteiger partial charge in [0.2, 0.25) is 0 Å². The molecule has 5 nitrogen and oxygen atoms in total. The molecule has 4 rings (SSSR count). The van der Waals surface area contributed by atoms with Crippen molar-refractivity contribution in [2.75, 3.05) is 6.67 Å². The van der Waals surface area contributed by atoms with E-state index in [4.69, 9.17) is 9.47 Å². The summed E-state index contributed by atoms with van der Waals surface area (Å²) in [4.78, 5) is 24.9. The standard InChI is InChI=1S/C26H34FNO4/c1-16(2)26-14-20(28-21(29)15-27)25(4,32-26)19-12-10-17(3)23(19)24(26)31-22(30)13-11-18-8-6-5-7-9-18/h5-9,11,13,16-17,19-20,23-24H,10,12,14-15H2,1-4H3,(H,28,29)/b13-11+/t17-,19-,20-,23-,24+,25+,26-/m1/s1. The molecule has 2 aliphatic heterocycles. The average molecular weight is 444 g/mol. The molecule has 1 aliphatic carbocycles. The van der Waals surface area contributed by atoms with Gasteiger partial charge in [-0.2, -0.15) is 0 Å². The molecule has 32 heavy (non-hydrogen) atoms. The second kappa shape index (κ2) is 8.62. The van der Waals surface area contributed by atoms with Crippen LogP contribution < -0.4 is 5.32 Å². The van der Waals surface area contributed by atoms with E-state index in [1.54, 1.807) is 6.08 Å². The molecule has 2 bridgehead atoms. The number of hydrogen-bond donors (Lipinski definition) is 1. The van der Waals surface area contributed by atoms with Crippen molar-refractivity contribution in [2.24, 2.45) is 23.7 Å². The van der Waals surface area contributed by atoms with Gasteiger partial charge in [-0.1, -0.05) is 51.1 Å². The molecule has 0 aromatic heterocycles. The van der Waals surface area contributed by atoms with Crippen molar-refractivity contribution in [3.05, 3.63) is 42.0 Å². The summed E-state index contributed by atoms with van der Waals surface area (Å²) >= 11 is 0. The van der Waals surface area contributed by atoms with E-state index in [9.17, 15) is 14.0 Å². The third-order valence-electron chi connectivity index (χ3n) is 8.14. The van der Waals surface area contributed by atoms with Gasteiger partial charge in [0.05, 0.1) is 11.6 Å². The molecule has 7 atom stereocenters. The normalized spacial score (nSPS) is 38.1. The van der Waals surface area contributed by atoms with E-state index in [0.29, 0.717) is 12.3 Å². The lowest BCUT2D eigenvalue weighted by molar-refractivity contribution is -0.259. The maximum atomic E-state index is 13.0. The summed E-state index contributed by atoms with van der Waals surface area (Å²) in [5, 5.41) is 2.87. The van der Waals surface area contributed by atoms with Crippen LogP contribution in [0.1, 0.15) is 52.5 Å². The largest absolute Gasteiger partial charge is 0.456 e. The van der Waals surface area contributed by atoms with Crippen LogP contribution in [0.15, 0.2) is 36.4 Å². The van der Waals surface area contributed by atoms with Gasteiger partial charge in [0.25, 0.3) is 5.91 Å². The number of esters is 1. The summed E-state index contributed by atoms with van der Waals surface area (Å²) in [5.74, 6) is -0.315. The van der Waals surface area contributed by atoms with Gasteiger partial charge in [-0.3, -0.25) is 4.79 Å². The summed E-state index contributed by atoms with van der Waals surface area (Å²) < 4.78 is 26.0.